The Kier molecular flexibility index (Phi) is 14.6. The number of carbonyl (C=O) groups excluding carboxylic acids is 2. The molecule has 1 aliphatic heterocycles. The highest BCUT2D eigenvalue weighted by molar-refractivity contribution is 7.09. The molecule has 0 aliphatic carbocycles. The quantitative estimate of drug-likeness (QED) is 0.164. The van der Waals surface area contributed by atoms with Crippen molar-refractivity contribution in [2.45, 2.75) is 178 Å². The van der Waals surface area contributed by atoms with Crippen LogP contribution in [0, 0.1) is 35.5 Å². The zero-order chi connectivity index (χ0) is 38.8. The van der Waals surface area contributed by atoms with Gasteiger partial charge in [0.2, 0.25) is 0 Å². The Morgan fingerprint density at radius 1 is 0.960 bits per heavy atom. The van der Waals surface area contributed by atoms with Crippen molar-refractivity contribution < 1.29 is 23.2 Å². The summed E-state index contributed by atoms with van der Waals surface area (Å²) in [7, 11) is -4.64. The zero-order valence-electron chi connectivity index (χ0n) is 35.3. The second kappa shape index (κ2) is 16.3. The summed E-state index contributed by atoms with van der Waals surface area (Å²) >= 11 is 1.61. The molecular weight excluding hydrogens is 675 g/mol. The van der Waals surface area contributed by atoms with Gasteiger partial charge >= 0.3 is 5.97 Å². The van der Waals surface area contributed by atoms with E-state index in [9.17, 15) is 9.59 Å². The van der Waals surface area contributed by atoms with Gasteiger partial charge in [0.1, 0.15) is 11.9 Å². The fourth-order valence-electron chi connectivity index (χ4n) is 6.07. The Hall–Kier alpha value is -1.40. The minimum Gasteiger partial charge on any atom is -0.458 e. The van der Waals surface area contributed by atoms with Crippen LogP contribution in [0.2, 0.25) is 36.3 Å². The number of carbonyl (C=O) groups is 2. The van der Waals surface area contributed by atoms with Crippen LogP contribution in [0.3, 0.4) is 0 Å². The number of ether oxygens (including phenoxy) is 1. The Labute approximate surface area is 312 Å². The molecule has 2 heterocycles. The largest absolute Gasteiger partial charge is 0.458 e. The normalized spacial score (nSPS) is 28.4. The number of Topliss-reactive ketones (excluding diaryl/α,β-unsaturated/α-hetero) is 1. The van der Waals surface area contributed by atoms with Crippen molar-refractivity contribution in [3.63, 3.8) is 0 Å². The molecule has 0 amide bonds. The Morgan fingerprint density at radius 3 is 2.00 bits per heavy atom. The highest BCUT2D eigenvalue weighted by Crippen LogP contribution is 2.44. The molecule has 0 spiro atoms. The van der Waals surface area contributed by atoms with E-state index in [1.807, 2.05) is 46.1 Å². The van der Waals surface area contributed by atoms with Crippen LogP contribution < -0.4 is 0 Å². The van der Waals surface area contributed by atoms with Gasteiger partial charge in [-0.15, -0.1) is 11.3 Å². The van der Waals surface area contributed by atoms with E-state index in [1.165, 1.54) is 0 Å². The molecule has 286 valence electrons. The van der Waals surface area contributed by atoms with Crippen molar-refractivity contribution in [2.75, 3.05) is 0 Å². The van der Waals surface area contributed by atoms with E-state index in [2.05, 4.69) is 113 Å². The third kappa shape index (κ3) is 11.3. The molecule has 0 radical (unpaired) electrons. The van der Waals surface area contributed by atoms with Crippen LogP contribution in [0.1, 0.15) is 127 Å². The molecular formula is C41H73NO5SSi2. The summed E-state index contributed by atoms with van der Waals surface area (Å²) in [6.45, 7) is 41.2. The van der Waals surface area contributed by atoms with Crippen molar-refractivity contribution in [2.24, 2.45) is 28.6 Å². The van der Waals surface area contributed by atoms with Crippen LogP contribution in [-0.2, 0) is 23.2 Å². The Balaban J connectivity index is 2.76. The minimum absolute atomic E-state index is 0.00144. The van der Waals surface area contributed by atoms with Crippen molar-refractivity contribution in [1.82, 2.24) is 4.98 Å². The molecule has 6 atom stereocenters. The van der Waals surface area contributed by atoms with Gasteiger partial charge in [0.05, 0.1) is 29.3 Å². The average molecular weight is 748 g/mol. The van der Waals surface area contributed by atoms with Gasteiger partial charge in [-0.1, -0.05) is 102 Å². The van der Waals surface area contributed by atoms with Gasteiger partial charge < -0.3 is 13.6 Å². The summed E-state index contributed by atoms with van der Waals surface area (Å²) < 4.78 is 20.7. The highest BCUT2D eigenvalue weighted by Gasteiger charge is 2.50. The van der Waals surface area contributed by atoms with Crippen LogP contribution in [0.5, 0.6) is 0 Å². The van der Waals surface area contributed by atoms with E-state index in [0.29, 0.717) is 6.42 Å². The van der Waals surface area contributed by atoms with Crippen LogP contribution in [0.25, 0.3) is 6.08 Å². The number of ketones is 1. The summed E-state index contributed by atoms with van der Waals surface area (Å²) in [5, 5.41) is 2.91. The summed E-state index contributed by atoms with van der Waals surface area (Å²) in [6.07, 6.45) is 6.73. The third-order valence-electron chi connectivity index (χ3n) is 12.4. The first-order valence-corrected chi connectivity index (χ1v) is 25.5. The number of nitrogens with zero attached hydrogens (tertiary/aromatic N) is 1. The van der Waals surface area contributed by atoms with Crippen molar-refractivity contribution in [3.05, 3.63) is 33.8 Å². The molecule has 0 fully saturated rings. The number of rotatable bonds is 6. The molecule has 6 nitrogen and oxygen atoms in total. The zero-order valence-corrected chi connectivity index (χ0v) is 38.1. The van der Waals surface area contributed by atoms with Crippen LogP contribution in [-0.4, -0.2) is 51.7 Å². The molecule has 1 aliphatic rings. The number of thiazole rings is 1. The monoisotopic (exact) mass is 747 g/mol. The molecule has 1 aromatic heterocycles. The minimum atomic E-state index is -2.41. The van der Waals surface area contributed by atoms with Gasteiger partial charge in [-0.2, -0.15) is 0 Å². The Morgan fingerprint density at radius 2 is 1.50 bits per heavy atom. The Bertz CT molecular complexity index is 1380. The number of hydrogen-bond acceptors (Lipinski definition) is 7. The number of esters is 1. The first-order chi connectivity index (χ1) is 22.4. The molecule has 0 N–H and O–H groups in total. The van der Waals surface area contributed by atoms with Crippen molar-refractivity contribution in [1.29, 1.82) is 0 Å². The molecule has 1 aromatic rings. The number of aromatic nitrogens is 1. The topological polar surface area (TPSA) is 74.7 Å². The van der Waals surface area contributed by atoms with Crippen LogP contribution in [0.15, 0.2) is 23.1 Å². The first kappa shape index (κ1) is 44.8. The molecule has 0 saturated carbocycles. The number of allylic oxidation sites excluding steroid dienone is 2. The molecule has 0 aromatic carbocycles. The fraction of sp³-hybridized carbons (Fsp3) is 0.780. The van der Waals surface area contributed by atoms with Crippen LogP contribution in [0.4, 0.5) is 0 Å². The van der Waals surface area contributed by atoms with Gasteiger partial charge in [0.25, 0.3) is 0 Å². The first-order valence-electron chi connectivity index (χ1n) is 18.8. The molecule has 0 unspecified atom stereocenters. The average Bonchev–Trinajstić information content (AvgIpc) is 3.36. The summed E-state index contributed by atoms with van der Waals surface area (Å²) in [5.74, 6) is -0.358. The van der Waals surface area contributed by atoms with Gasteiger partial charge in [0.15, 0.2) is 16.6 Å². The molecule has 2 rings (SSSR count). The van der Waals surface area contributed by atoms with E-state index in [-0.39, 0.29) is 51.6 Å². The number of cyclic esters (lactones) is 1. The standard InChI is InChI=1S/C41H73NO5SSi2/c1-27-21-20-22-40(12,13)29(3)24-33(28(2)23-32-26-48-31(5)42-32)45-35(43)25-34(46-49(16,17)38(6,7)8)41(14,15)37(44)30(4)36(27)47-50(18,19)39(9,10)11/h20,22-23,26-27,29-30,33-34,36H,21,24-25H2,1-19H3/t27-,29-,30+,33-,34-,36-/m0/s1. The van der Waals surface area contributed by atoms with E-state index < -0.39 is 40.2 Å². The lowest BCUT2D eigenvalue weighted by atomic mass is 9.72. The molecule has 0 bridgehead atoms. The SMILES string of the molecule is CC(=Cc1csc(C)n1)[C@@H]1C[C@H](C)C(C)(C)C=CC[C@H](C)[C@H](O[Si](C)(C)C(C)(C)C)[C@@H](C)C(=O)C(C)(C)[C@@H](O[Si](C)(C)C(C)(C)C)CC(=O)O1. The fourth-order valence-corrected chi connectivity index (χ4v) is 9.55. The smallest absolute Gasteiger partial charge is 0.309 e. The van der Waals surface area contributed by atoms with Crippen molar-refractivity contribution in [3.8, 4) is 0 Å². The van der Waals surface area contributed by atoms with Crippen LogP contribution >= 0.6 is 11.3 Å². The summed E-state index contributed by atoms with van der Waals surface area (Å²) in [6, 6.07) is 0. The third-order valence-corrected chi connectivity index (χ3v) is 22.2. The maximum atomic E-state index is 14.9. The summed E-state index contributed by atoms with van der Waals surface area (Å²) in [5.41, 5.74) is 0.708. The second-order valence-electron chi connectivity index (χ2n) is 19.5. The lowest BCUT2D eigenvalue weighted by molar-refractivity contribution is -0.154. The van der Waals surface area contributed by atoms with E-state index >= 15 is 0 Å². The van der Waals surface area contributed by atoms with Gasteiger partial charge in [-0.25, -0.2) is 4.98 Å². The molecule has 9 heteroatoms. The summed E-state index contributed by atoms with van der Waals surface area (Å²) in [4.78, 5) is 33.7. The van der Waals surface area contributed by atoms with E-state index in [1.54, 1.807) is 11.3 Å². The van der Waals surface area contributed by atoms with Gasteiger partial charge in [-0.05, 0) is 91.9 Å². The second-order valence-corrected chi connectivity index (χ2v) is 30.1. The predicted molar refractivity (Wildman–Crippen MR) is 218 cm³/mol. The number of aryl methyl sites for hydroxylation is 1. The molecule has 0 saturated heterocycles. The van der Waals surface area contributed by atoms with E-state index in [4.69, 9.17) is 13.6 Å². The molecule has 50 heavy (non-hydrogen) atoms. The van der Waals surface area contributed by atoms with Gasteiger partial charge in [-0.3, -0.25) is 9.59 Å². The lowest BCUT2D eigenvalue weighted by Crippen LogP contribution is -2.54. The maximum Gasteiger partial charge on any atom is 0.309 e. The number of hydrogen-bond donors (Lipinski definition) is 0. The lowest BCUT2D eigenvalue weighted by Gasteiger charge is -2.46. The maximum absolute atomic E-state index is 14.9. The predicted octanol–water partition coefficient (Wildman–Crippen LogP) is 11.8. The van der Waals surface area contributed by atoms with Gasteiger partial charge in [0, 0.05) is 16.7 Å². The van der Waals surface area contributed by atoms with E-state index in [0.717, 1.165) is 22.7 Å². The highest BCUT2D eigenvalue weighted by atomic mass is 32.1. The van der Waals surface area contributed by atoms with Crippen molar-refractivity contribution >= 4 is 45.8 Å².